The van der Waals surface area contributed by atoms with Crippen LogP contribution in [0, 0.1) is 0 Å². The van der Waals surface area contributed by atoms with Gasteiger partial charge >= 0.3 is 0 Å². The van der Waals surface area contributed by atoms with Crippen molar-refractivity contribution < 1.29 is 9.53 Å². The summed E-state index contributed by atoms with van der Waals surface area (Å²) in [6.07, 6.45) is 0. The minimum atomic E-state index is -0.870. The van der Waals surface area contributed by atoms with Gasteiger partial charge in [-0.2, -0.15) is 0 Å². The number of carbonyl (C=O) groups is 1. The van der Waals surface area contributed by atoms with Gasteiger partial charge in [0.2, 0.25) is 0 Å². The summed E-state index contributed by atoms with van der Waals surface area (Å²) in [7, 11) is 0. The van der Waals surface area contributed by atoms with Gasteiger partial charge in [-0.25, -0.2) is 0 Å². The summed E-state index contributed by atoms with van der Waals surface area (Å²) in [6.45, 7) is 4.15. The molecule has 0 radical (unpaired) electrons. The van der Waals surface area contributed by atoms with Crippen LogP contribution < -0.4 is 9.64 Å². The number of fused-ring (bicyclic) bond motifs is 1. The number of anilines is 1. The number of carbonyl (C=O) groups excluding carboxylic acids is 1. The normalized spacial score (nSPS) is 15.3. The van der Waals surface area contributed by atoms with Gasteiger partial charge in [-0.3, -0.25) is 4.79 Å². The predicted octanol–water partition coefficient (Wildman–Crippen LogP) is 5.06. The zero-order chi connectivity index (χ0) is 18.1. The number of benzene rings is 3. The molecular formula is C23H21NO2. The van der Waals surface area contributed by atoms with Crippen molar-refractivity contribution in [2.45, 2.75) is 26.0 Å². The molecule has 0 fully saturated rings. The van der Waals surface area contributed by atoms with Gasteiger partial charge in [-0.15, -0.1) is 0 Å². The minimum absolute atomic E-state index is 0.0266. The van der Waals surface area contributed by atoms with Crippen molar-refractivity contribution in [3.8, 4) is 16.9 Å². The molecule has 1 aliphatic rings. The molecular weight excluding hydrogens is 322 g/mol. The van der Waals surface area contributed by atoms with Gasteiger partial charge in [-0.1, -0.05) is 60.7 Å². The van der Waals surface area contributed by atoms with Gasteiger partial charge < -0.3 is 9.64 Å². The van der Waals surface area contributed by atoms with Crippen molar-refractivity contribution in [2.24, 2.45) is 0 Å². The standard InChI is InChI=1S/C23H21NO2/c1-23(2)22(25)24(20-13-6-7-14-21(20)26-23)16-17-9-8-12-19(15-17)18-10-4-3-5-11-18/h3-15H,16H2,1-2H3. The summed E-state index contributed by atoms with van der Waals surface area (Å²) in [5, 5.41) is 0. The molecule has 4 rings (SSSR count). The van der Waals surface area contributed by atoms with Crippen molar-refractivity contribution in [3.05, 3.63) is 84.4 Å². The Morgan fingerprint density at radius 2 is 1.54 bits per heavy atom. The molecule has 0 aromatic heterocycles. The molecule has 0 bridgehead atoms. The highest BCUT2D eigenvalue weighted by molar-refractivity contribution is 6.02. The molecule has 3 aromatic carbocycles. The Bertz CT molecular complexity index is 947. The van der Waals surface area contributed by atoms with Gasteiger partial charge in [0.05, 0.1) is 12.2 Å². The topological polar surface area (TPSA) is 29.5 Å². The molecule has 26 heavy (non-hydrogen) atoms. The van der Waals surface area contributed by atoms with Crippen molar-refractivity contribution in [2.75, 3.05) is 4.90 Å². The van der Waals surface area contributed by atoms with E-state index in [0.29, 0.717) is 6.54 Å². The molecule has 0 spiro atoms. The van der Waals surface area contributed by atoms with Crippen LogP contribution in [0.15, 0.2) is 78.9 Å². The number of ether oxygens (including phenoxy) is 1. The highest BCUT2D eigenvalue weighted by Crippen LogP contribution is 2.38. The lowest BCUT2D eigenvalue weighted by Crippen LogP contribution is -2.52. The summed E-state index contributed by atoms with van der Waals surface area (Å²) >= 11 is 0. The Morgan fingerprint density at radius 3 is 2.35 bits per heavy atom. The fourth-order valence-corrected chi connectivity index (χ4v) is 3.34. The van der Waals surface area contributed by atoms with Crippen molar-refractivity contribution in [1.29, 1.82) is 0 Å². The molecule has 3 aromatic rings. The van der Waals surface area contributed by atoms with E-state index in [1.165, 1.54) is 5.56 Å². The van der Waals surface area contributed by atoms with Crippen LogP contribution in [0.25, 0.3) is 11.1 Å². The first-order valence-corrected chi connectivity index (χ1v) is 8.79. The van der Waals surface area contributed by atoms with Crippen LogP contribution in [0.1, 0.15) is 19.4 Å². The second-order valence-corrected chi connectivity index (χ2v) is 7.04. The maximum Gasteiger partial charge on any atom is 0.271 e. The van der Waals surface area contributed by atoms with E-state index in [2.05, 4.69) is 30.3 Å². The monoisotopic (exact) mass is 343 g/mol. The largest absolute Gasteiger partial charge is 0.476 e. The summed E-state index contributed by atoms with van der Waals surface area (Å²) in [4.78, 5) is 14.8. The summed E-state index contributed by atoms with van der Waals surface area (Å²) in [5.41, 5.74) is 3.36. The van der Waals surface area contributed by atoms with E-state index in [9.17, 15) is 4.79 Å². The second kappa shape index (κ2) is 6.34. The Hall–Kier alpha value is -3.07. The van der Waals surface area contributed by atoms with E-state index in [0.717, 1.165) is 22.6 Å². The van der Waals surface area contributed by atoms with Crippen LogP contribution in [0.2, 0.25) is 0 Å². The SMILES string of the molecule is CC1(C)Oc2ccccc2N(Cc2cccc(-c3ccccc3)c2)C1=O. The van der Waals surface area contributed by atoms with Crippen LogP contribution in [-0.4, -0.2) is 11.5 Å². The predicted molar refractivity (Wildman–Crippen MR) is 104 cm³/mol. The Kier molecular flexibility index (Phi) is 4.00. The average Bonchev–Trinajstić information content (AvgIpc) is 2.66. The lowest BCUT2D eigenvalue weighted by molar-refractivity contribution is -0.132. The molecule has 130 valence electrons. The molecule has 1 aliphatic heterocycles. The summed E-state index contributed by atoms with van der Waals surface area (Å²) in [5.74, 6) is 0.720. The highest BCUT2D eigenvalue weighted by atomic mass is 16.5. The summed E-state index contributed by atoms with van der Waals surface area (Å²) in [6, 6.07) is 26.3. The van der Waals surface area contributed by atoms with E-state index in [4.69, 9.17) is 4.74 Å². The third-order valence-corrected chi connectivity index (χ3v) is 4.66. The first-order valence-electron chi connectivity index (χ1n) is 8.79. The number of hydrogen-bond donors (Lipinski definition) is 0. The van der Waals surface area contributed by atoms with E-state index in [1.807, 2.05) is 67.3 Å². The van der Waals surface area contributed by atoms with Gasteiger partial charge in [0.1, 0.15) is 5.75 Å². The van der Waals surface area contributed by atoms with Crippen LogP contribution >= 0.6 is 0 Å². The van der Waals surface area contributed by atoms with Gasteiger partial charge in [0.25, 0.3) is 5.91 Å². The average molecular weight is 343 g/mol. The maximum absolute atomic E-state index is 13.0. The van der Waals surface area contributed by atoms with Crippen LogP contribution in [0.3, 0.4) is 0 Å². The Balaban J connectivity index is 1.70. The smallest absolute Gasteiger partial charge is 0.271 e. The Morgan fingerprint density at radius 1 is 0.846 bits per heavy atom. The van der Waals surface area contributed by atoms with E-state index >= 15 is 0 Å². The molecule has 0 N–H and O–H groups in total. The first-order chi connectivity index (χ1) is 12.5. The lowest BCUT2D eigenvalue weighted by atomic mass is 10.0. The zero-order valence-corrected chi connectivity index (χ0v) is 15.0. The van der Waals surface area contributed by atoms with E-state index < -0.39 is 5.60 Å². The van der Waals surface area contributed by atoms with Gasteiger partial charge in [0, 0.05) is 0 Å². The molecule has 0 aliphatic carbocycles. The quantitative estimate of drug-likeness (QED) is 0.665. The Labute approximate surface area is 153 Å². The number of amides is 1. The second-order valence-electron chi connectivity index (χ2n) is 7.04. The van der Waals surface area contributed by atoms with Crippen molar-refractivity contribution in [3.63, 3.8) is 0 Å². The van der Waals surface area contributed by atoms with Crippen LogP contribution in [-0.2, 0) is 11.3 Å². The van der Waals surface area contributed by atoms with Crippen molar-refractivity contribution in [1.82, 2.24) is 0 Å². The minimum Gasteiger partial charge on any atom is -0.476 e. The first kappa shape index (κ1) is 16.4. The molecule has 0 saturated carbocycles. The molecule has 3 heteroatoms. The molecule has 0 unspecified atom stereocenters. The highest BCUT2D eigenvalue weighted by Gasteiger charge is 2.40. The van der Waals surface area contributed by atoms with Crippen molar-refractivity contribution >= 4 is 11.6 Å². The number of hydrogen-bond acceptors (Lipinski definition) is 2. The fraction of sp³-hybridized carbons (Fsp3) is 0.174. The molecule has 0 saturated heterocycles. The zero-order valence-electron chi connectivity index (χ0n) is 15.0. The lowest BCUT2D eigenvalue weighted by Gasteiger charge is -2.38. The molecule has 3 nitrogen and oxygen atoms in total. The number of para-hydroxylation sites is 2. The van der Waals surface area contributed by atoms with Gasteiger partial charge in [0.15, 0.2) is 5.60 Å². The van der Waals surface area contributed by atoms with Crippen LogP contribution in [0.4, 0.5) is 5.69 Å². The fourth-order valence-electron chi connectivity index (χ4n) is 3.34. The number of rotatable bonds is 3. The molecule has 1 amide bonds. The van der Waals surface area contributed by atoms with E-state index in [1.54, 1.807) is 0 Å². The third-order valence-electron chi connectivity index (χ3n) is 4.66. The molecule has 0 atom stereocenters. The van der Waals surface area contributed by atoms with Gasteiger partial charge in [-0.05, 0) is 48.7 Å². The number of nitrogens with zero attached hydrogens (tertiary/aromatic N) is 1. The molecule has 1 heterocycles. The third kappa shape index (κ3) is 2.97. The maximum atomic E-state index is 13.0. The summed E-state index contributed by atoms with van der Waals surface area (Å²) < 4.78 is 5.90. The van der Waals surface area contributed by atoms with Crippen LogP contribution in [0.5, 0.6) is 5.75 Å². The van der Waals surface area contributed by atoms with E-state index in [-0.39, 0.29) is 5.91 Å².